The van der Waals surface area contributed by atoms with E-state index in [2.05, 4.69) is 4.98 Å². The number of carbonyl (C=O) groups excluding carboxylic acids is 1. The smallest absolute Gasteiger partial charge is 0.257 e. The van der Waals surface area contributed by atoms with Gasteiger partial charge in [-0.05, 0) is 43.2 Å². The van der Waals surface area contributed by atoms with E-state index in [4.69, 9.17) is 25.5 Å². The first kappa shape index (κ1) is 19.9. The molecule has 0 saturated carbocycles. The summed E-state index contributed by atoms with van der Waals surface area (Å²) in [6.07, 6.45) is 1.84. The van der Waals surface area contributed by atoms with Crippen LogP contribution < -0.4 is 9.47 Å². The summed E-state index contributed by atoms with van der Waals surface area (Å²) < 4.78 is 16.6. The summed E-state index contributed by atoms with van der Waals surface area (Å²) in [6.45, 7) is 0.716. The van der Waals surface area contributed by atoms with Gasteiger partial charge >= 0.3 is 0 Å². The zero-order chi connectivity index (χ0) is 20.4. The Kier molecular flexibility index (Phi) is 5.87. The first-order valence-electron chi connectivity index (χ1n) is 9.29. The van der Waals surface area contributed by atoms with Crippen LogP contribution in [0.4, 0.5) is 0 Å². The number of hydrogen-bond acceptors (Lipinski definition) is 6. The van der Waals surface area contributed by atoms with Gasteiger partial charge in [-0.15, -0.1) is 0 Å². The molecule has 1 saturated heterocycles. The second kappa shape index (κ2) is 8.55. The fourth-order valence-electron chi connectivity index (χ4n) is 3.63. The maximum atomic E-state index is 13.0. The molecule has 152 valence electrons. The number of thioether (sulfide) groups is 1. The van der Waals surface area contributed by atoms with E-state index in [1.165, 1.54) is 11.8 Å². The molecule has 0 radical (unpaired) electrons. The standard InChI is InChI=1S/C21H21ClN2O4S/c1-26-14-6-8-18(27-2)15(11-14)17-4-3-9-24(17)20(25)12-29-21-23-16-7-5-13(22)10-19(16)28-21/h5-8,10-11,17H,3-4,9,12H2,1-2H3. The highest BCUT2D eigenvalue weighted by Gasteiger charge is 2.32. The third-order valence-corrected chi connectivity index (χ3v) is 6.07. The van der Waals surface area contributed by atoms with Gasteiger partial charge in [-0.3, -0.25) is 4.79 Å². The minimum absolute atomic E-state index is 0.0319. The van der Waals surface area contributed by atoms with Crippen molar-refractivity contribution in [2.24, 2.45) is 0 Å². The fraction of sp³-hybridized carbons (Fsp3) is 0.333. The van der Waals surface area contributed by atoms with Crippen LogP contribution in [0.25, 0.3) is 11.1 Å². The average molecular weight is 433 g/mol. The number of rotatable bonds is 6. The van der Waals surface area contributed by atoms with E-state index >= 15 is 0 Å². The van der Waals surface area contributed by atoms with Crippen LogP contribution in [0.5, 0.6) is 11.5 Å². The number of benzene rings is 2. The number of fused-ring (bicyclic) bond motifs is 1. The quantitative estimate of drug-likeness (QED) is 0.513. The van der Waals surface area contributed by atoms with Gasteiger partial charge in [-0.2, -0.15) is 0 Å². The highest BCUT2D eigenvalue weighted by atomic mass is 35.5. The summed E-state index contributed by atoms with van der Waals surface area (Å²) in [5.74, 6) is 1.81. The predicted molar refractivity (Wildman–Crippen MR) is 113 cm³/mol. The number of aromatic nitrogens is 1. The second-order valence-corrected chi connectivity index (χ2v) is 8.10. The van der Waals surface area contributed by atoms with E-state index in [0.717, 1.165) is 35.4 Å². The van der Waals surface area contributed by atoms with Gasteiger partial charge in [0.05, 0.1) is 26.0 Å². The molecule has 6 nitrogen and oxygen atoms in total. The summed E-state index contributed by atoms with van der Waals surface area (Å²) in [4.78, 5) is 19.3. The number of oxazole rings is 1. The van der Waals surface area contributed by atoms with Crippen LogP contribution in [0.3, 0.4) is 0 Å². The normalized spacial score (nSPS) is 16.4. The first-order valence-corrected chi connectivity index (χ1v) is 10.7. The Morgan fingerprint density at radius 3 is 2.93 bits per heavy atom. The minimum atomic E-state index is -0.0319. The molecule has 1 atom stereocenters. The summed E-state index contributed by atoms with van der Waals surface area (Å²) >= 11 is 7.28. The van der Waals surface area contributed by atoms with Crippen LogP contribution in [-0.4, -0.2) is 42.3 Å². The van der Waals surface area contributed by atoms with Crippen molar-refractivity contribution in [3.8, 4) is 11.5 Å². The summed E-state index contributed by atoms with van der Waals surface area (Å²) in [5, 5.41) is 1.05. The van der Waals surface area contributed by atoms with Crippen LogP contribution in [0.1, 0.15) is 24.4 Å². The van der Waals surface area contributed by atoms with Gasteiger partial charge in [0.1, 0.15) is 17.0 Å². The van der Waals surface area contributed by atoms with Gasteiger partial charge < -0.3 is 18.8 Å². The Morgan fingerprint density at radius 1 is 1.28 bits per heavy atom. The lowest BCUT2D eigenvalue weighted by atomic mass is 10.0. The van der Waals surface area contributed by atoms with Crippen molar-refractivity contribution in [2.75, 3.05) is 26.5 Å². The number of likely N-dealkylation sites (tertiary alicyclic amines) is 1. The van der Waals surface area contributed by atoms with Gasteiger partial charge in [0.15, 0.2) is 5.58 Å². The number of halogens is 1. The molecule has 29 heavy (non-hydrogen) atoms. The maximum absolute atomic E-state index is 13.0. The molecule has 1 amide bonds. The Hall–Kier alpha value is -2.38. The van der Waals surface area contributed by atoms with Crippen molar-refractivity contribution in [3.05, 3.63) is 47.0 Å². The molecule has 0 spiro atoms. The van der Waals surface area contributed by atoms with Gasteiger partial charge in [-0.1, -0.05) is 23.4 Å². The molecule has 0 N–H and O–H groups in total. The molecule has 2 heterocycles. The number of hydrogen-bond donors (Lipinski definition) is 0. The molecule has 2 aromatic carbocycles. The van der Waals surface area contributed by atoms with Crippen molar-refractivity contribution in [1.29, 1.82) is 0 Å². The molecular formula is C21H21ClN2O4S. The number of amides is 1. The Labute approximate surface area is 178 Å². The molecule has 8 heteroatoms. The average Bonchev–Trinajstić information content (AvgIpc) is 3.38. The molecular weight excluding hydrogens is 412 g/mol. The first-order chi connectivity index (χ1) is 14.1. The van der Waals surface area contributed by atoms with Gasteiger partial charge in [0, 0.05) is 23.2 Å². The highest BCUT2D eigenvalue weighted by molar-refractivity contribution is 7.99. The van der Waals surface area contributed by atoms with Crippen LogP contribution in [0.15, 0.2) is 46.0 Å². The zero-order valence-corrected chi connectivity index (χ0v) is 17.8. The third-order valence-electron chi connectivity index (χ3n) is 5.02. The Morgan fingerprint density at radius 2 is 2.14 bits per heavy atom. The van der Waals surface area contributed by atoms with Gasteiger partial charge in [-0.25, -0.2) is 4.98 Å². The summed E-state index contributed by atoms with van der Waals surface area (Å²) in [5.41, 5.74) is 2.32. The van der Waals surface area contributed by atoms with Crippen molar-refractivity contribution in [2.45, 2.75) is 24.1 Å². The molecule has 1 aromatic heterocycles. The molecule has 1 fully saturated rings. The number of ether oxygens (including phenoxy) is 2. The molecule has 0 bridgehead atoms. The van der Waals surface area contributed by atoms with Crippen LogP contribution in [-0.2, 0) is 4.79 Å². The van der Waals surface area contributed by atoms with Gasteiger partial charge in [0.2, 0.25) is 5.91 Å². The van der Waals surface area contributed by atoms with E-state index in [0.29, 0.717) is 22.4 Å². The number of carbonyl (C=O) groups is 1. The van der Waals surface area contributed by atoms with Crippen LogP contribution in [0.2, 0.25) is 5.02 Å². The van der Waals surface area contributed by atoms with E-state index in [-0.39, 0.29) is 17.7 Å². The predicted octanol–water partition coefficient (Wildman–Crippen LogP) is 4.95. The number of methoxy groups -OCH3 is 2. The second-order valence-electron chi connectivity index (χ2n) is 6.73. The molecule has 3 aromatic rings. The maximum Gasteiger partial charge on any atom is 0.257 e. The minimum Gasteiger partial charge on any atom is -0.497 e. The van der Waals surface area contributed by atoms with E-state index in [9.17, 15) is 4.79 Å². The third kappa shape index (κ3) is 4.16. The fourth-order valence-corrected chi connectivity index (χ4v) is 4.52. The summed E-state index contributed by atoms with van der Waals surface area (Å²) in [6, 6.07) is 11.0. The van der Waals surface area contributed by atoms with Crippen molar-refractivity contribution < 1.29 is 18.7 Å². The monoisotopic (exact) mass is 432 g/mol. The van der Waals surface area contributed by atoms with E-state index < -0.39 is 0 Å². The lowest BCUT2D eigenvalue weighted by Gasteiger charge is -2.26. The lowest BCUT2D eigenvalue weighted by molar-refractivity contribution is -0.129. The lowest BCUT2D eigenvalue weighted by Crippen LogP contribution is -2.32. The van der Waals surface area contributed by atoms with E-state index in [1.54, 1.807) is 32.4 Å². The molecule has 0 aliphatic carbocycles. The topological polar surface area (TPSA) is 64.8 Å². The van der Waals surface area contributed by atoms with Crippen molar-refractivity contribution >= 4 is 40.4 Å². The van der Waals surface area contributed by atoms with Crippen molar-refractivity contribution in [3.63, 3.8) is 0 Å². The zero-order valence-electron chi connectivity index (χ0n) is 16.2. The van der Waals surface area contributed by atoms with Crippen molar-refractivity contribution in [1.82, 2.24) is 9.88 Å². The van der Waals surface area contributed by atoms with Crippen LogP contribution in [0, 0.1) is 0 Å². The number of nitrogens with zero attached hydrogens (tertiary/aromatic N) is 2. The molecule has 1 aliphatic rings. The van der Waals surface area contributed by atoms with E-state index in [1.807, 2.05) is 23.1 Å². The molecule has 4 rings (SSSR count). The SMILES string of the molecule is COc1ccc(OC)c(C2CCCN2C(=O)CSc2nc3ccc(Cl)cc3o2)c1. The Balaban J connectivity index is 1.49. The summed E-state index contributed by atoms with van der Waals surface area (Å²) in [7, 11) is 3.27. The molecule has 1 unspecified atom stereocenters. The molecule has 1 aliphatic heterocycles. The van der Waals surface area contributed by atoms with Gasteiger partial charge in [0.25, 0.3) is 5.22 Å². The highest BCUT2D eigenvalue weighted by Crippen LogP contribution is 2.39. The Bertz CT molecular complexity index is 1040. The van der Waals surface area contributed by atoms with Crippen LogP contribution >= 0.6 is 23.4 Å². The largest absolute Gasteiger partial charge is 0.497 e.